The molecule has 3 unspecified atom stereocenters. The van der Waals surface area contributed by atoms with Crippen LogP contribution < -0.4 is 14.8 Å². The third-order valence-corrected chi connectivity index (χ3v) is 6.44. The van der Waals surface area contributed by atoms with E-state index in [-0.39, 0.29) is 29.4 Å². The number of carbonyl (C=O) groups excluding carboxylic acids is 1. The van der Waals surface area contributed by atoms with Crippen LogP contribution in [0.4, 0.5) is 0 Å². The lowest BCUT2D eigenvalue weighted by molar-refractivity contribution is -0.124. The minimum Gasteiger partial charge on any atom is -0.486 e. The van der Waals surface area contributed by atoms with Crippen molar-refractivity contribution < 1.29 is 17.9 Å². The van der Waals surface area contributed by atoms with Gasteiger partial charge in [0.2, 0.25) is 5.91 Å². The van der Waals surface area contributed by atoms with Crippen LogP contribution in [0.25, 0.3) is 0 Å². The molecule has 1 amide bonds. The van der Waals surface area contributed by atoms with Gasteiger partial charge in [0.15, 0.2) is 5.82 Å². The maximum Gasteiger partial charge on any atom is 0.264 e. The molecule has 1 fully saturated rings. The molecule has 2 aromatic rings. The number of hydrogen-bond donors (Lipinski definition) is 2. The predicted molar refractivity (Wildman–Crippen MR) is 99.6 cm³/mol. The Morgan fingerprint density at radius 2 is 2.11 bits per heavy atom. The number of fused-ring (bicyclic) bond motifs is 2. The summed E-state index contributed by atoms with van der Waals surface area (Å²) >= 11 is 0. The Kier molecular flexibility index (Phi) is 4.90. The number of nitrogens with one attached hydrogen (secondary N) is 2. The Labute approximate surface area is 162 Å². The van der Waals surface area contributed by atoms with E-state index in [1.165, 1.54) is 18.5 Å². The molecule has 3 heterocycles. The van der Waals surface area contributed by atoms with Gasteiger partial charge >= 0.3 is 0 Å². The van der Waals surface area contributed by atoms with Crippen LogP contribution >= 0.6 is 0 Å². The smallest absolute Gasteiger partial charge is 0.264 e. The Morgan fingerprint density at radius 1 is 1.32 bits per heavy atom. The van der Waals surface area contributed by atoms with Crippen molar-refractivity contribution in [3.05, 3.63) is 48.6 Å². The number of piperidine rings is 1. The fourth-order valence-electron chi connectivity index (χ4n) is 3.46. The third kappa shape index (κ3) is 3.78. The predicted octanol–water partition coefficient (Wildman–Crippen LogP) is 0.363. The lowest BCUT2D eigenvalue weighted by Crippen LogP contribution is -2.53. The molecule has 1 aromatic carbocycles. The standard InChI is InChI=1S/C18H21N5O4S/c1-23-17(20-11-21-23)10-27-13-3-5-14(6-4-13)28(25,26)22-18(24)15-8-12-2-7-16(15)19-9-12/h2-7,11-12,15-16,19H,8-10H2,1H3,(H,22,24). The summed E-state index contributed by atoms with van der Waals surface area (Å²) in [6, 6.07) is 5.79. The van der Waals surface area contributed by atoms with Crippen molar-refractivity contribution >= 4 is 15.9 Å². The topological polar surface area (TPSA) is 115 Å². The molecule has 28 heavy (non-hydrogen) atoms. The maximum absolute atomic E-state index is 12.6. The molecule has 0 saturated carbocycles. The molecule has 10 heteroatoms. The van der Waals surface area contributed by atoms with E-state index >= 15 is 0 Å². The summed E-state index contributed by atoms with van der Waals surface area (Å²) < 4.78 is 34.5. The van der Waals surface area contributed by atoms with Crippen LogP contribution in [0.1, 0.15) is 12.2 Å². The van der Waals surface area contributed by atoms with E-state index in [0.717, 1.165) is 6.54 Å². The van der Waals surface area contributed by atoms with Crippen LogP contribution in [-0.2, 0) is 28.5 Å². The molecule has 0 spiro atoms. The first-order chi connectivity index (χ1) is 13.4. The van der Waals surface area contributed by atoms with Gasteiger partial charge in [-0.2, -0.15) is 5.10 Å². The van der Waals surface area contributed by atoms with Crippen LogP contribution in [0, 0.1) is 11.8 Å². The minimum absolute atomic E-state index is 0.0105. The zero-order valence-electron chi connectivity index (χ0n) is 15.3. The molecule has 0 radical (unpaired) electrons. The van der Waals surface area contributed by atoms with Gasteiger partial charge in [0.05, 0.1) is 10.8 Å². The second-order valence-corrected chi connectivity index (χ2v) is 8.63. The van der Waals surface area contributed by atoms with Gasteiger partial charge in [-0.15, -0.1) is 0 Å². The summed E-state index contributed by atoms with van der Waals surface area (Å²) in [5.74, 6) is 0.552. The molecule has 3 aliphatic rings. The van der Waals surface area contributed by atoms with E-state index in [2.05, 4.69) is 26.2 Å². The van der Waals surface area contributed by atoms with Crippen LogP contribution in [-0.4, -0.2) is 41.7 Å². The number of ether oxygens (including phenoxy) is 1. The third-order valence-electron chi connectivity index (χ3n) is 5.08. The van der Waals surface area contributed by atoms with Crippen molar-refractivity contribution in [3.63, 3.8) is 0 Å². The highest BCUT2D eigenvalue weighted by Crippen LogP contribution is 2.29. The molecule has 2 bridgehead atoms. The fraction of sp³-hybridized carbons (Fsp3) is 0.389. The van der Waals surface area contributed by atoms with Crippen molar-refractivity contribution in [1.82, 2.24) is 24.8 Å². The van der Waals surface area contributed by atoms with E-state index in [1.54, 1.807) is 23.9 Å². The fourth-order valence-corrected chi connectivity index (χ4v) is 4.49. The van der Waals surface area contributed by atoms with Gasteiger partial charge in [0, 0.05) is 19.6 Å². The number of hydrogen-bond acceptors (Lipinski definition) is 7. The van der Waals surface area contributed by atoms with Crippen LogP contribution in [0.5, 0.6) is 5.75 Å². The van der Waals surface area contributed by atoms with Gasteiger partial charge in [-0.3, -0.25) is 9.48 Å². The van der Waals surface area contributed by atoms with Crippen molar-refractivity contribution in [3.8, 4) is 5.75 Å². The number of benzene rings is 1. The maximum atomic E-state index is 12.6. The van der Waals surface area contributed by atoms with E-state index in [9.17, 15) is 13.2 Å². The highest BCUT2D eigenvalue weighted by molar-refractivity contribution is 7.90. The summed E-state index contributed by atoms with van der Waals surface area (Å²) in [5.41, 5.74) is 0. The van der Waals surface area contributed by atoms with E-state index in [4.69, 9.17) is 4.74 Å². The zero-order valence-corrected chi connectivity index (χ0v) is 16.1. The summed E-state index contributed by atoms with van der Waals surface area (Å²) in [4.78, 5) is 16.6. The van der Waals surface area contributed by atoms with Crippen molar-refractivity contribution in [2.24, 2.45) is 18.9 Å². The van der Waals surface area contributed by atoms with Crippen LogP contribution in [0.2, 0.25) is 0 Å². The van der Waals surface area contributed by atoms with Gasteiger partial charge in [-0.25, -0.2) is 18.1 Å². The first kappa shape index (κ1) is 18.6. The molecule has 9 nitrogen and oxygen atoms in total. The lowest BCUT2D eigenvalue weighted by Gasteiger charge is -2.37. The highest BCUT2D eigenvalue weighted by Gasteiger charge is 2.37. The zero-order chi connectivity index (χ0) is 19.7. The first-order valence-corrected chi connectivity index (χ1v) is 10.4. The highest BCUT2D eigenvalue weighted by atomic mass is 32.2. The lowest BCUT2D eigenvalue weighted by atomic mass is 9.79. The van der Waals surface area contributed by atoms with Crippen LogP contribution in [0.15, 0.2) is 47.6 Å². The summed E-state index contributed by atoms with van der Waals surface area (Å²) in [7, 11) is -2.18. The number of rotatable bonds is 6. The average molecular weight is 403 g/mol. The SMILES string of the molecule is Cn1ncnc1COc1ccc(S(=O)(=O)NC(=O)C2CC3C=CC2NC3)cc1. The molecule has 2 N–H and O–H groups in total. The van der Waals surface area contributed by atoms with Gasteiger partial charge in [0.1, 0.15) is 18.7 Å². The van der Waals surface area contributed by atoms with Crippen molar-refractivity contribution in [2.45, 2.75) is 24.0 Å². The normalized spacial score (nSPS) is 23.5. The Bertz CT molecular complexity index is 999. The van der Waals surface area contributed by atoms with E-state index < -0.39 is 15.9 Å². The number of nitrogens with zero attached hydrogens (tertiary/aromatic N) is 3. The monoisotopic (exact) mass is 403 g/mol. The quantitative estimate of drug-likeness (QED) is 0.669. The number of sulfonamides is 1. The van der Waals surface area contributed by atoms with E-state index in [1.807, 2.05) is 6.08 Å². The molecule has 1 aliphatic carbocycles. The number of aromatic nitrogens is 3. The van der Waals surface area contributed by atoms with Crippen molar-refractivity contribution in [2.75, 3.05) is 6.54 Å². The van der Waals surface area contributed by atoms with Gasteiger partial charge in [-0.05, 0) is 36.6 Å². The first-order valence-electron chi connectivity index (χ1n) is 8.96. The number of carbonyl (C=O) groups is 1. The number of amides is 1. The van der Waals surface area contributed by atoms with Crippen LogP contribution in [0.3, 0.4) is 0 Å². The molecular weight excluding hydrogens is 382 g/mol. The summed E-state index contributed by atoms with van der Waals surface area (Å²) in [6.45, 7) is 1.04. The molecular formula is C18H21N5O4S. The van der Waals surface area contributed by atoms with Crippen molar-refractivity contribution in [1.29, 1.82) is 0 Å². The Balaban J connectivity index is 1.39. The second-order valence-electron chi connectivity index (χ2n) is 6.95. The molecule has 5 rings (SSSR count). The molecule has 1 saturated heterocycles. The molecule has 148 valence electrons. The van der Waals surface area contributed by atoms with Gasteiger partial charge in [-0.1, -0.05) is 12.2 Å². The average Bonchev–Trinajstić information content (AvgIpc) is 3.12. The largest absolute Gasteiger partial charge is 0.486 e. The Morgan fingerprint density at radius 3 is 2.68 bits per heavy atom. The van der Waals surface area contributed by atoms with Gasteiger partial charge < -0.3 is 10.1 Å². The summed E-state index contributed by atoms with van der Waals surface area (Å²) in [5, 5.41) is 7.19. The second kappa shape index (κ2) is 7.36. The minimum atomic E-state index is -3.94. The molecule has 2 aliphatic heterocycles. The summed E-state index contributed by atoms with van der Waals surface area (Å²) in [6.07, 6.45) is 6.11. The van der Waals surface area contributed by atoms with E-state index in [0.29, 0.717) is 18.0 Å². The Hall–Kier alpha value is -2.72. The molecule has 1 aromatic heterocycles. The molecule has 3 atom stereocenters. The number of aryl methyl sites for hydroxylation is 1. The van der Waals surface area contributed by atoms with Gasteiger partial charge in [0.25, 0.3) is 10.0 Å².